The van der Waals surface area contributed by atoms with Gasteiger partial charge in [0.2, 0.25) is 0 Å². The molecule has 2 fully saturated rings. The van der Waals surface area contributed by atoms with Gasteiger partial charge in [-0.1, -0.05) is 25.7 Å². The van der Waals surface area contributed by atoms with Gasteiger partial charge in [0.1, 0.15) is 0 Å². The fraction of sp³-hybridized carbons (Fsp3) is 0.647. The third-order valence-corrected chi connectivity index (χ3v) is 5.14. The zero-order valence-corrected chi connectivity index (χ0v) is 12.3. The molecule has 2 heteroatoms. The van der Waals surface area contributed by atoms with E-state index in [4.69, 9.17) is 5.73 Å². The van der Waals surface area contributed by atoms with E-state index in [0.717, 1.165) is 5.69 Å². The van der Waals surface area contributed by atoms with Gasteiger partial charge in [0.25, 0.3) is 0 Å². The third kappa shape index (κ3) is 2.33. The van der Waals surface area contributed by atoms with Crippen LogP contribution in [0, 0.1) is 19.3 Å². The van der Waals surface area contributed by atoms with Gasteiger partial charge in [-0.25, -0.2) is 0 Å². The first-order valence-corrected chi connectivity index (χ1v) is 7.71. The maximum Gasteiger partial charge on any atom is 0.0400 e. The zero-order valence-electron chi connectivity index (χ0n) is 12.3. The summed E-state index contributed by atoms with van der Waals surface area (Å²) in [6.45, 7) is 6.82. The van der Waals surface area contributed by atoms with Crippen LogP contribution in [-0.4, -0.2) is 13.1 Å². The SMILES string of the molecule is Cc1cc(N2CC3(CCCCCC3)C2)c(C)cc1N. The Labute approximate surface area is 117 Å². The average molecular weight is 258 g/mol. The largest absolute Gasteiger partial charge is 0.399 e. The minimum atomic E-state index is 0.637. The lowest BCUT2D eigenvalue weighted by Gasteiger charge is -2.52. The molecule has 1 aliphatic heterocycles. The normalized spacial score (nSPS) is 22.1. The van der Waals surface area contributed by atoms with Crippen molar-refractivity contribution in [3.8, 4) is 0 Å². The Morgan fingerprint density at radius 2 is 1.58 bits per heavy atom. The van der Waals surface area contributed by atoms with Gasteiger partial charge in [-0.05, 0) is 49.9 Å². The molecule has 1 saturated carbocycles. The Bertz CT molecular complexity index is 462. The number of hydrogen-bond donors (Lipinski definition) is 1. The molecule has 0 aromatic heterocycles. The summed E-state index contributed by atoms with van der Waals surface area (Å²) in [5, 5.41) is 0. The van der Waals surface area contributed by atoms with Crippen LogP contribution in [0.3, 0.4) is 0 Å². The molecular formula is C17H26N2. The van der Waals surface area contributed by atoms with E-state index in [9.17, 15) is 0 Å². The van der Waals surface area contributed by atoms with E-state index in [1.165, 1.54) is 68.4 Å². The summed E-state index contributed by atoms with van der Waals surface area (Å²) in [5.41, 5.74) is 11.5. The van der Waals surface area contributed by atoms with Crippen LogP contribution in [0.5, 0.6) is 0 Å². The molecule has 0 unspecified atom stereocenters. The number of aryl methyl sites for hydroxylation is 2. The molecule has 2 aliphatic rings. The molecule has 0 bridgehead atoms. The minimum absolute atomic E-state index is 0.637. The van der Waals surface area contributed by atoms with Crippen LogP contribution in [0.1, 0.15) is 49.7 Å². The van der Waals surface area contributed by atoms with Crippen molar-refractivity contribution in [1.82, 2.24) is 0 Å². The molecule has 1 spiro atoms. The molecule has 1 aromatic rings. The topological polar surface area (TPSA) is 29.3 Å². The van der Waals surface area contributed by atoms with Crippen LogP contribution < -0.4 is 10.6 Å². The summed E-state index contributed by atoms with van der Waals surface area (Å²) in [6.07, 6.45) is 8.65. The van der Waals surface area contributed by atoms with E-state index < -0.39 is 0 Å². The van der Waals surface area contributed by atoms with E-state index in [1.54, 1.807) is 0 Å². The molecule has 1 saturated heterocycles. The summed E-state index contributed by atoms with van der Waals surface area (Å²) >= 11 is 0. The predicted octanol–water partition coefficient (Wildman–Crippen LogP) is 4.05. The van der Waals surface area contributed by atoms with Crippen molar-refractivity contribution in [3.63, 3.8) is 0 Å². The van der Waals surface area contributed by atoms with Gasteiger partial charge in [-0.3, -0.25) is 0 Å². The van der Waals surface area contributed by atoms with E-state index >= 15 is 0 Å². The van der Waals surface area contributed by atoms with Crippen LogP contribution in [0.25, 0.3) is 0 Å². The fourth-order valence-corrected chi connectivity index (χ4v) is 3.89. The molecule has 0 amide bonds. The summed E-state index contributed by atoms with van der Waals surface area (Å²) in [4.78, 5) is 2.56. The van der Waals surface area contributed by atoms with Gasteiger partial charge >= 0.3 is 0 Å². The van der Waals surface area contributed by atoms with Gasteiger partial charge < -0.3 is 10.6 Å². The lowest BCUT2D eigenvalue weighted by Crippen LogP contribution is -2.56. The fourth-order valence-electron chi connectivity index (χ4n) is 3.89. The molecule has 1 aliphatic carbocycles. The second-order valence-corrected chi connectivity index (χ2v) is 6.77. The van der Waals surface area contributed by atoms with Gasteiger partial charge in [-0.2, -0.15) is 0 Å². The third-order valence-electron chi connectivity index (χ3n) is 5.14. The Hall–Kier alpha value is -1.18. The first-order chi connectivity index (χ1) is 9.10. The molecular weight excluding hydrogens is 232 g/mol. The van der Waals surface area contributed by atoms with Crippen LogP contribution in [-0.2, 0) is 0 Å². The van der Waals surface area contributed by atoms with Crippen LogP contribution in [0.4, 0.5) is 11.4 Å². The van der Waals surface area contributed by atoms with Gasteiger partial charge in [-0.15, -0.1) is 0 Å². The minimum Gasteiger partial charge on any atom is -0.399 e. The Morgan fingerprint density at radius 3 is 2.21 bits per heavy atom. The highest BCUT2D eigenvalue weighted by atomic mass is 15.2. The highest BCUT2D eigenvalue weighted by molar-refractivity contribution is 5.64. The van der Waals surface area contributed by atoms with E-state index in [2.05, 4.69) is 30.9 Å². The molecule has 19 heavy (non-hydrogen) atoms. The Morgan fingerprint density at radius 1 is 0.947 bits per heavy atom. The smallest absolute Gasteiger partial charge is 0.0400 e. The van der Waals surface area contributed by atoms with Gasteiger partial charge in [0.05, 0.1) is 0 Å². The average Bonchev–Trinajstić information content (AvgIpc) is 2.58. The Balaban J connectivity index is 1.74. The van der Waals surface area contributed by atoms with E-state index in [1.807, 2.05) is 0 Å². The summed E-state index contributed by atoms with van der Waals surface area (Å²) in [6, 6.07) is 4.40. The maximum absolute atomic E-state index is 5.99. The number of rotatable bonds is 1. The second-order valence-electron chi connectivity index (χ2n) is 6.77. The molecule has 0 atom stereocenters. The Kier molecular flexibility index (Phi) is 3.20. The van der Waals surface area contributed by atoms with Crippen molar-refractivity contribution in [2.45, 2.75) is 52.4 Å². The first-order valence-electron chi connectivity index (χ1n) is 7.71. The van der Waals surface area contributed by atoms with Crippen LogP contribution in [0.2, 0.25) is 0 Å². The van der Waals surface area contributed by atoms with Crippen molar-refractivity contribution >= 4 is 11.4 Å². The van der Waals surface area contributed by atoms with Crippen molar-refractivity contribution < 1.29 is 0 Å². The van der Waals surface area contributed by atoms with E-state index in [-0.39, 0.29) is 0 Å². The molecule has 104 valence electrons. The van der Waals surface area contributed by atoms with Gasteiger partial charge in [0, 0.05) is 29.9 Å². The highest BCUT2D eigenvalue weighted by Gasteiger charge is 2.42. The molecule has 0 radical (unpaired) electrons. The predicted molar refractivity (Wildman–Crippen MR) is 82.7 cm³/mol. The second kappa shape index (κ2) is 4.73. The molecule has 1 aromatic carbocycles. The number of nitrogens with zero attached hydrogens (tertiary/aromatic N) is 1. The summed E-state index contributed by atoms with van der Waals surface area (Å²) in [7, 11) is 0. The van der Waals surface area contributed by atoms with Crippen LogP contribution in [0.15, 0.2) is 12.1 Å². The van der Waals surface area contributed by atoms with Crippen molar-refractivity contribution in [3.05, 3.63) is 23.3 Å². The highest BCUT2D eigenvalue weighted by Crippen LogP contribution is 2.45. The number of nitrogens with two attached hydrogens (primary N) is 1. The summed E-state index contributed by atoms with van der Waals surface area (Å²) in [5.74, 6) is 0. The maximum atomic E-state index is 5.99. The summed E-state index contributed by atoms with van der Waals surface area (Å²) < 4.78 is 0. The van der Waals surface area contributed by atoms with E-state index in [0.29, 0.717) is 5.41 Å². The molecule has 1 heterocycles. The zero-order chi connectivity index (χ0) is 13.5. The number of benzene rings is 1. The lowest BCUT2D eigenvalue weighted by molar-refractivity contribution is 0.180. The molecule has 2 N–H and O–H groups in total. The number of nitrogen functional groups attached to an aromatic ring is 1. The first kappa shape index (κ1) is 12.8. The molecule has 2 nitrogen and oxygen atoms in total. The van der Waals surface area contributed by atoms with Gasteiger partial charge in [0.15, 0.2) is 0 Å². The van der Waals surface area contributed by atoms with Crippen molar-refractivity contribution in [1.29, 1.82) is 0 Å². The lowest BCUT2D eigenvalue weighted by atomic mass is 9.73. The quantitative estimate of drug-likeness (QED) is 0.770. The number of hydrogen-bond acceptors (Lipinski definition) is 2. The van der Waals surface area contributed by atoms with Crippen LogP contribution >= 0.6 is 0 Å². The van der Waals surface area contributed by atoms with Crippen molar-refractivity contribution in [2.24, 2.45) is 5.41 Å². The molecule has 3 rings (SSSR count). The standard InChI is InChI=1S/C17H26N2/c1-13-10-16(14(2)9-15(13)18)19-11-17(12-19)7-5-3-4-6-8-17/h9-10H,3-8,11-12,18H2,1-2H3. The monoisotopic (exact) mass is 258 g/mol. The number of anilines is 2. The van der Waals surface area contributed by atoms with Crippen molar-refractivity contribution in [2.75, 3.05) is 23.7 Å².